The van der Waals surface area contributed by atoms with Crippen LogP contribution >= 0.6 is 0 Å². The van der Waals surface area contributed by atoms with Crippen molar-refractivity contribution >= 4 is 5.97 Å². The SMILES string of the molecule is C=C(C)C1CC[C@]2(C(=O)O)CC[C@]3(C)C(CCC4[C@@]5(C)CC[C@H](O[C@@H]6OC[C@H](O)[C@H](O)[C@H]6O[C@@H]6O[C@@H](C)[C@H](O)[C@@H](O)[C@H]6O)[C@@](C)(CO)C5CC[C@]43C)C12. The van der Waals surface area contributed by atoms with E-state index in [9.17, 15) is 40.5 Å². The number of carboxylic acids is 1. The summed E-state index contributed by atoms with van der Waals surface area (Å²) in [7, 11) is 0. The Labute approximate surface area is 314 Å². The maximum absolute atomic E-state index is 13.0. The van der Waals surface area contributed by atoms with Gasteiger partial charge in [0.1, 0.15) is 36.6 Å². The number of carboxylic acid groups (broad SMARTS) is 1. The van der Waals surface area contributed by atoms with Crippen molar-refractivity contribution in [2.24, 2.45) is 56.7 Å². The van der Waals surface area contributed by atoms with Crippen molar-refractivity contribution in [1.29, 1.82) is 0 Å². The molecule has 0 radical (unpaired) electrons. The van der Waals surface area contributed by atoms with Crippen LogP contribution in [0.4, 0.5) is 0 Å². The quantitative estimate of drug-likeness (QED) is 0.148. The lowest BCUT2D eigenvalue weighted by Crippen LogP contribution is -2.68. The van der Waals surface area contributed by atoms with E-state index in [2.05, 4.69) is 41.2 Å². The smallest absolute Gasteiger partial charge is 0.309 e. The van der Waals surface area contributed by atoms with Crippen molar-refractivity contribution in [3.63, 3.8) is 0 Å². The molecule has 7 fully saturated rings. The first-order valence-corrected chi connectivity index (χ1v) is 20.3. The third-order valence-electron chi connectivity index (χ3n) is 17.4. The van der Waals surface area contributed by atoms with Crippen LogP contribution in [0.15, 0.2) is 12.2 Å². The van der Waals surface area contributed by atoms with Crippen LogP contribution < -0.4 is 0 Å². The van der Waals surface area contributed by atoms with Crippen molar-refractivity contribution in [3.05, 3.63) is 12.2 Å². The predicted molar refractivity (Wildman–Crippen MR) is 192 cm³/mol. The molecule has 12 heteroatoms. The lowest BCUT2D eigenvalue weighted by molar-refractivity contribution is -0.366. The van der Waals surface area contributed by atoms with Gasteiger partial charge < -0.3 is 54.7 Å². The number of hydrogen-bond donors (Lipinski definition) is 7. The number of aliphatic carboxylic acids is 1. The Hall–Kier alpha value is -1.19. The summed E-state index contributed by atoms with van der Waals surface area (Å²) in [5, 5.41) is 74.9. The highest BCUT2D eigenvalue weighted by Crippen LogP contribution is 2.77. The number of ether oxygens (including phenoxy) is 4. The average molecular weight is 751 g/mol. The summed E-state index contributed by atoms with van der Waals surface area (Å²) >= 11 is 0. The van der Waals surface area contributed by atoms with Crippen molar-refractivity contribution < 1.29 is 59.5 Å². The predicted octanol–water partition coefficient (Wildman–Crippen LogP) is 3.38. The van der Waals surface area contributed by atoms with Gasteiger partial charge in [-0.3, -0.25) is 4.79 Å². The van der Waals surface area contributed by atoms with E-state index in [1.807, 2.05) is 0 Å². The first kappa shape index (κ1) is 40.0. The zero-order chi connectivity index (χ0) is 38.6. The van der Waals surface area contributed by atoms with Crippen LogP contribution in [0.1, 0.15) is 106 Å². The van der Waals surface area contributed by atoms with Gasteiger partial charge in [0.15, 0.2) is 12.6 Å². The molecule has 0 spiro atoms. The molecule has 7 rings (SSSR count). The van der Waals surface area contributed by atoms with Crippen LogP contribution in [0.2, 0.25) is 0 Å². The van der Waals surface area contributed by atoms with Gasteiger partial charge in [-0.05, 0) is 124 Å². The maximum Gasteiger partial charge on any atom is 0.309 e. The summed E-state index contributed by atoms with van der Waals surface area (Å²) in [6, 6.07) is 0. The van der Waals surface area contributed by atoms with Gasteiger partial charge in [0.2, 0.25) is 0 Å². The second-order valence-corrected chi connectivity index (χ2v) is 19.5. The Kier molecular flexibility index (Phi) is 10.4. The molecule has 0 aromatic heterocycles. The van der Waals surface area contributed by atoms with Crippen LogP contribution in [-0.2, 0) is 23.7 Å². The molecule has 0 aromatic carbocycles. The lowest BCUT2D eigenvalue weighted by atomic mass is 9.32. The second-order valence-electron chi connectivity index (χ2n) is 19.5. The normalized spacial score (nSPS) is 56.7. The fourth-order valence-electron chi connectivity index (χ4n) is 14.2. The van der Waals surface area contributed by atoms with Gasteiger partial charge in [0.25, 0.3) is 0 Å². The van der Waals surface area contributed by atoms with Gasteiger partial charge in [0, 0.05) is 5.41 Å². The zero-order valence-electron chi connectivity index (χ0n) is 32.5. The van der Waals surface area contributed by atoms with Gasteiger partial charge in [-0.1, -0.05) is 39.8 Å². The van der Waals surface area contributed by atoms with E-state index >= 15 is 0 Å². The molecule has 2 saturated heterocycles. The van der Waals surface area contributed by atoms with E-state index in [4.69, 9.17) is 18.9 Å². The van der Waals surface area contributed by atoms with Crippen LogP contribution in [0, 0.1) is 56.7 Å². The molecule has 12 nitrogen and oxygen atoms in total. The third-order valence-corrected chi connectivity index (χ3v) is 17.4. The lowest BCUT2D eigenvalue weighted by Gasteiger charge is -2.73. The topological polar surface area (TPSA) is 196 Å². The monoisotopic (exact) mass is 750 g/mol. The highest BCUT2D eigenvalue weighted by Gasteiger charge is 2.72. The Morgan fingerprint density at radius 2 is 1.51 bits per heavy atom. The molecule has 2 aliphatic heterocycles. The Morgan fingerprint density at radius 1 is 0.792 bits per heavy atom. The number of allylic oxidation sites excluding steroid dienone is 1. The van der Waals surface area contributed by atoms with Crippen molar-refractivity contribution in [3.8, 4) is 0 Å². The van der Waals surface area contributed by atoms with Gasteiger partial charge >= 0.3 is 5.97 Å². The molecule has 0 bridgehead atoms. The average Bonchev–Trinajstić information content (AvgIpc) is 3.52. The molecule has 5 aliphatic carbocycles. The Bertz CT molecular complexity index is 1410. The van der Waals surface area contributed by atoms with Crippen LogP contribution in [-0.4, -0.2) is 116 Å². The molecule has 7 aliphatic rings. The summed E-state index contributed by atoms with van der Waals surface area (Å²) in [5.74, 6) is 0.490. The molecule has 7 N–H and O–H groups in total. The molecule has 302 valence electrons. The van der Waals surface area contributed by atoms with Crippen molar-refractivity contribution in [2.45, 2.75) is 167 Å². The summed E-state index contributed by atoms with van der Waals surface area (Å²) in [5.41, 5.74) is -0.394. The number of hydrogen-bond acceptors (Lipinski definition) is 11. The minimum Gasteiger partial charge on any atom is -0.481 e. The van der Waals surface area contributed by atoms with Crippen molar-refractivity contribution in [2.75, 3.05) is 13.2 Å². The fourth-order valence-corrected chi connectivity index (χ4v) is 14.2. The second kappa shape index (κ2) is 13.7. The number of carbonyl (C=O) groups is 1. The van der Waals surface area contributed by atoms with Crippen molar-refractivity contribution in [1.82, 2.24) is 0 Å². The largest absolute Gasteiger partial charge is 0.481 e. The highest BCUT2D eigenvalue weighted by molar-refractivity contribution is 5.76. The summed E-state index contributed by atoms with van der Waals surface area (Å²) < 4.78 is 24.3. The van der Waals surface area contributed by atoms with Crippen LogP contribution in [0.5, 0.6) is 0 Å². The van der Waals surface area contributed by atoms with Gasteiger partial charge in [0.05, 0.1) is 30.8 Å². The number of fused-ring (bicyclic) bond motifs is 7. The number of aliphatic hydroxyl groups excluding tert-OH is 6. The molecule has 20 atom stereocenters. The third kappa shape index (κ3) is 5.69. The fraction of sp³-hybridized carbons (Fsp3) is 0.927. The number of rotatable bonds is 7. The van der Waals surface area contributed by atoms with E-state index < -0.39 is 78.2 Å². The first-order valence-electron chi connectivity index (χ1n) is 20.3. The summed E-state index contributed by atoms with van der Waals surface area (Å²) in [4.78, 5) is 13.0. The molecule has 0 amide bonds. The van der Waals surface area contributed by atoms with Gasteiger partial charge in [-0.25, -0.2) is 0 Å². The molecule has 0 aromatic rings. The van der Waals surface area contributed by atoms with Crippen LogP contribution in [0.3, 0.4) is 0 Å². The molecule has 53 heavy (non-hydrogen) atoms. The molecule has 5 unspecified atom stereocenters. The Balaban J connectivity index is 1.14. The van der Waals surface area contributed by atoms with Gasteiger partial charge in [-0.2, -0.15) is 0 Å². The summed E-state index contributed by atoms with van der Waals surface area (Å²) in [6.07, 6.45) is -3.90. The van der Waals surface area contributed by atoms with E-state index in [-0.39, 0.29) is 47.2 Å². The highest BCUT2D eigenvalue weighted by atomic mass is 16.8. The van der Waals surface area contributed by atoms with E-state index in [0.717, 1.165) is 56.9 Å². The van der Waals surface area contributed by atoms with E-state index in [1.165, 1.54) is 6.92 Å². The van der Waals surface area contributed by atoms with E-state index in [0.29, 0.717) is 24.7 Å². The molecular formula is C41H66O12. The molecular weight excluding hydrogens is 684 g/mol. The number of aliphatic hydroxyl groups is 6. The standard InChI is InChI=1S/C41H66O12/c1-20(2)22-10-15-41(36(48)49)17-16-39(6)23(28(22)41)8-9-26-37(4)13-12-27(38(5,19-42)25(37)11-14-40(26,39)7)52-35-33(30(45)24(43)18-50-35)53-34-32(47)31(46)29(44)21(3)51-34/h21-35,42-47H,1,8-19H2,2-7H3,(H,48,49)/t21-,22?,23?,24-,25?,26?,27-,28?,29-,30-,31+,32+,33+,34-,35-,37-,38-,39+,40+,41-/m0/s1. The minimum absolute atomic E-state index is 0.0140. The minimum atomic E-state index is -1.62. The summed E-state index contributed by atoms with van der Waals surface area (Å²) in [6.45, 7) is 17.1. The first-order chi connectivity index (χ1) is 24.8. The Morgan fingerprint density at radius 3 is 2.17 bits per heavy atom. The maximum atomic E-state index is 13.0. The zero-order valence-corrected chi connectivity index (χ0v) is 32.5. The van der Waals surface area contributed by atoms with Crippen LogP contribution in [0.25, 0.3) is 0 Å². The molecule has 5 saturated carbocycles. The van der Waals surface area contributed by atoms with Gasteiger partial charge in [-0.15, -0.1) is 0 Å². The van der Waals surface area contributed by atoms with E-state index in [1.54, 1.807) is 0 Å². The molecule has 2 heterocycles.